The number of aromatic nitrogens is 1. The van der Waals surface area contributed by atoms with Crippen LogP contribution in [0.4, 0.5) is 5.69 Å². The van der Waals surface area contributed by atoms with Crippen LogP contribution in [0.5, 0.6) is 11.6 Å². The third-order valence-corrected chi connectivity index (χ3v) is 17.4. The highest BCUT2D eigenvalue weighted by Crippen LogP contribution is 2.60. The maximum absolute atomic E-state index is 15.7. The van der Waals surface area contributed by atoms with E-state index in [-0.39, 0.29) is 52.2 Å². The van der Waals surface area contributed by atoms with Gasteiger partial charge in [-0.25, -0.2) is 0 Å². The van der Waals surface area contributed by atoms with Crippen molar-refractivity contribution in [2.24, 2.45) is 17.3 Å². The number of benzene rings is 3. The lowest BCUT2D eigenvalue weighted by Crippen LogP contribution is -2.65. The molecule has 4 atom stereocenters. The van der Waals surface area contributed by atoms with E-state index in [1.54, 1.807) is 0 Å². The molecule has 0 fully saturated rings. The molecule has 1 aromatic heterocycles. The van der Waals surface area contributed by atoms with Gasteiger partial charge in [-0.15, -0.1) is 0 Å². The van der Waals surface area contributed by atoms with Crippen LogP contribution in [0.2, 0.25) is 18.1 Å². The maximum atomic E-state index is 15.7. The van der Waals surface area contributed by atoms with Gasteiger partial charge in [0.25, 0.3) is 5.88 Å². The molecule has 12 heteroatoms. The molecule has 326 valence electrons. The number of fused-ring (bicyclic) bond motifs is 4. The van der Waals surface area contributed by atoms with Gasteiger partial charge in [-0.2, -0.15) is 0 Å². The van der Waals surface area contributed by atoms with Crippen molar-refractivity contribution in [2.45, 2.75) is 104 Å². The average Bonchev–Trinajstić information content (AvgIpc) is 3.60. The van der Waals surface area contributed by atoms with Crippen molar-refractivity contribution in [1.29, 1.82) is 0 Å². The first-order valence-corrected chi connectivity index (χ1v) is 24.4. The number of nitrogens with zero attached hydrogens (tertiary/aromatic N) is 3. The molecule has 4 aromatic rings. The lowest BCUT2D eigenvalue weighted by molar-refractivity contribution is -0.0480. The Morgan fingerprint density at radius 1 is 0.902 bits per heavy atom. The lowest BCUT2D eigenvalue weighted by atomic mass is 9.58. The summed E-state index contributed by atoms with van der Waals surface area (Å²) < 4.78 is 26.4. The number of aliphatic hydroxyl groups excluding tert-OH is 1. The topological polar surface area (TPSA) is 127 Å². The number of anilines is 1. The van der Waals surface area contributed by atoms with Crippen LogP contribution in [0.1, 0.15) is 103 Å². The molecule has 0 radical (unpaired) electrons. The molecule has 0 amide bonds. The molecule has 3 aromatic carbocycles. The number of carbonyl (C=O) groups excluding carboxylic acids is 2. The summed E-state index contributed by atoms with van der Waals surface area (Å²) in [7, 11) is 4.99. The van der Waals surface area contributed by atoms with E-state index in [2.05, 4.69) is 70.0 Å². The predicted octanol–water partition coefficient (Wildman–Crippen LogP) is 9.48. The Balaban J connectivity index is 1.43. The molecule has 0 saturated carbocycles. The fourth-order valence-corrected chi connectivity index (χ4v) is 10.6. The summed E-state index contributed by atoms with van der Waals surface area (Å²) in [5.41, 5.74) is 3.56. The van der Waals surface area contributed by atoms with Gasteiger partial charge in [-0.1, -0.05) is 102 Å². The molecular formula is C49H64N4O7Si. The summed E-state index contributed by atoms with van der Waals surface area (Å²) >= 11 is 0. The summed E-state index contributed by atoms with van der Waals surface area (Å²) in [6.45, 7) is 18.8. The van der Waals surface area contributed by atoms with Crippen molar-refractivity contribution in [3.8, 4) is 11.6 Å². The molecule has 0 saturated heterocycles. The van der Waals surface area contributed by atoms with Crippen molar-refractivity contribution in [1.82, 2.24) is 15.4 Å². The highest BCUT2D eigenvalue weighted by atomic mass is 28.4. The Hall–Kier alpha value is -4.75. The SMILES string of the molecule is CN(C)c1c(CNCC(C)(C)C)cc(OCc2ccccc2)c2c1C[C@H]1C[C@H]3[C@H](N(C)C)c4onc(OCc5ccccc5)c4C(=O)C3(O[Si](C)(C)C(C)(C)C)C(O)=C1C2=O. The first-order valence-electron chi connectivity index (χ1n) is 21.5. The third-order valence-electron chi connectivity index (χ3n) is 13.0. The van der Waals surface area contributed by atoms with Crippen LogP contribution in [0.25, 0.3) is 0 Å². The van der Waals surface area contributed by atoms with Crippen LogP contribution in [0.3, 0.4) is 0 Å². The van der Waals surface area contributed by atoms with E-state index in [1.807, 2.05) is 99.8 Å². The van der Waals surface area contributed by atoms with Gasteiger partial charge in [0.05, 0.1) is 11.6 Å². The number of allylic oxidation sites excluding steroid dienone is 1. The Labute approximate surface area is 362 Å². The smallest absolute Gasteiger partial charge is 0.265 e. The highest BCUT2D eigenvalue weighted by molar-refractivity contribution is 6.74. The van der Waals surface area contributed by atoms with Crippen molar-refractivity contribution < 1.29 is 33.1 Å². The molecule has 2 N–H and O–H groups in total. The molecular weight excluding hydrogens is 785 g/mol. The standard InChI is InChI=1S/C49H64N4O7Si/c1-47(2,3)29-50-26-33-25-36(57-27-30-19-15-13-16-20-30)38-34(40(33)52(7)8)23-32-24-35-41(53(9)10)43-39(46(51-59-43)58-28-31-21-17-14-18-22-31)45(56)49(35,44(55)37(32)42(38)54)60-61(11,12)48(4,5)6/h13-22,25,32,35,41,50,55H,23-24,26-29H2,1-12H3/t32-,35-,41-,49?/m0/s1. The van der Waals surface area contributed by atoms with Crippen molar-refractivity contribution >= 4 is 25.6 Å². The normalized spacial score (nSPS) is 21.5. The van der Waals surface area contributed by atoms with Gasteiger partial charge in [0.2, 0.25) is 5.78 Å². The molecule has 61 heavy (non-hydrogen) atoms. The van der Waals surface area contributed by atoms with Crippen LogP contribution in [-0.2, 0) is 30.6 Å². The van der Waals surface area contributed by atoms with E-state index in [4.69, 9.17) is 18.4 Å². The van der Waals surface area contributed by atoms with E-state index >= 15 is 9.59 Å². The molecule has 1 heterocycles. The van der Waals surface area contributed by atoms with Gasteiger partial charge in [0, 0.05) is 44.4 Å². The van der Waals surface area contributed by atoms with Crippen LogP contribution in [0, 0.1) is 17.3 Å². The summed E-state index contributed by atoms with van der Waals surface area (Å²) in [6.07, 6.45) is 0.812. The Bertz CT molecular complexity index is 2310. The van der Waals surface area contributed by atoms with Crippen LogP contribution < -0.4 is 19.7 Å². The number of Topliss-reactive ketones (excluding diaryl/α,β-unsaturated/α-hetero) is 2. The number of ketones is 2. The summed E-state index contributed by atoms with van der Waals surface area (Å²) in [5.74, 6) is -1.41. The largest absolute Gasteiger partial charge is 0.508 e. The number of carbonyl (C=O) groups is 2. The molecule has 0 spiro atoms. The number of aliphatic hydroxyl groups is 1. The molecule has 0 bridgehead atoms. The lowest BCUT2D eigenvalue weighted by Gasteiger charge is -2.55. The number of hydrogen-bond acceptors (Lipinski definition) is 11. The molecule has 3 aliphatic carbocycles. The zero-order valence-corrected chi connectivity index (χ0v) is 39.1. The van der Waals surface area contributed by atoms with E-state index in [9.17, 15) is 5.11 Å². The number of rotatable bonds is 13. The summed E-state index contributed by atoms with van der Waals surface area (Å²) in [4.78, 5) is 35.4. The summed E-state index contributed by atoms with van der Waals surface area (Å²) in [6, 6.07) is 20.9. The van der Waals surface area contributed by atoms with E-state index in [0.717, 1.165) is 34.5 Å². The molecule has 7 rings (SSSR count). The fourth-order valence-electron chi connectivity index (χ4n) is 9.18. The quantitative estimate of drug-likeness (QED) is 0.125. The van der Waals surface area contributed by atoms with Crippen LogP contribution in [-0.4, -0.2) is 75.4 Å². The Morgan fingerprint density at radius 2 is 1.51 bits per heavy atom. The van der Waals surface area contributed by atoms with Crippen molar-refractivity contribution in [3.63, 3.8) is 0 Å². The van der Waals surface area contributed by atoms with E-state index in [1.165, 1.54) is 0 Å². The van der Waals surface area contributed by atoms with Gasteiger partial charge in [0.15, 0.2) is 25.5 Å². The minimum atomic E-state index is -2.89. The first-order chi connectivity index (χ1) is 28.7. The first kappa shape index (κ1) is 44.3. The molecule has 0 aliphatic heterocycles. The zero-order chi connectivity index (χ0) is 44.2. The predicted molar refractivity (Wildman–Crippen MR) is 241 cm³/mol. The van der Waals surface area contributed by atoms with Gasteiger partial charge in [0.1, 0.15) is 30.3 Å². The minimum Gasteiger partial charge on any atom is -0.508 e. The average molecular weight is 849 g/mol. The summed E-state index contributed by atoms with van der Waals surface area (Å²) in [5, 5.41) is 20.8. The Morgan fingerprint density at radius 3 is 2.07 bits per heavy atom. The molecule has 1 unspecified atom stereocenters. The van der Waals surface area contributed by atoms with E-state index in [0.29, 0.717) is 36.5 Å². The minimum absolute atomic E-state index is 0.0346. The van der Waals surface area contributed by atoms with Gasteiger partial charge >= 0.3 is 0 Å². The molecule has 3 aliphatic rings. The second kappa shape index (κ2) is 16.5. The monoisotopic (exact) mass is 848 g/mol. The number of ether oxygens (including phenoxy) is 2. The van der Waals surface area contributed by atoms with Crippen LogP contribution >= 0.6 is 0 Å². The zero-order valence-electron chi connectivity index (χ0n) is 38.1. The maximum Gasteiger partial charge on any atom is 0.265 e. The number of hydrogen-bond donors (Lipinski definition) is 2. The second-order valence-electron chi connectivity index (χ2n) is 20.2. The number of nitrogens with one attached hydrogen (secondary N) is 1. The second-order valence-corrected chi connectivity index (χ2v) is 25.0. The fraction of sp³-hybridized carbons (Fsp3) is 0.490. The van der Waals surface area contributed by atoms with Crippen molar-refractivity contribution in [2.75, 3.05) is 39.6 Å². The third kappa shape index (κ3) is 8.20. The van der Waals surface area contributed by atoms with Crippen LogP contribution in [0.15, 0.2) is 82.6 Å². The van der Waals surface area contributed by atoms with Gasteiger partial charge in [-0.05, 0) is 89.9 Å². The van der Waals surface area contributed by atoms with Gasteiger partial charge < -0.3 is 33.7 Å². The Kier molecular flexibility index (Phi) is 12.0. The molecule has 11 nitrogen and oxygen atoms in total. The van der Waals surface area contributed by atoms with Crippen molar-refractivity contribution in [3.05, 3.63) is 117 Å². The highest BCUT2D eigenvalue weighted by Gasteiger charge is 2.67. The van der Waals surface area contributed by atoms with Gasteiger partial charge in [-0.3, -0.25) is 14.5 Å². The van der Waals surface area contributed by atoms with E-state index < -0.39 is 37.6 Å².